The molecule has 5 heteroatoms. The van der Waals surface area contributed by atoms with Crippen LogP contribution in [0, 0.1) is 0 Å². The van der Waals surface area contributed by atoms with E-state index < -0.39 is 0 Å². The lowest BCUT2D eigenvalue weighted by molar-refractivity contribution is 0.904. The number of benzene rings is 3. The summed E-state index contributed by atoms with van der Waals surface area (Å²) in [5.41, 5.74) is 7.10. The van der Waals surface area contributed by atoms with E-state index in [9.17, 15) is 0 Å². The van der Waals surface area contributed by atoms with Crippen molar-refractivity contribution in [1.29, 1.82) is 0 Å². The molecule has 0 aliphatic rings. The zero-order valence-electron chi connectivity index (χ0n) is 15.2. The van der Waals surface area contributed by atoms with Gasteiger partial charge in [0.2, 0.25) is 0 Å². The van der Waals surface area contributed by atoms with E-state index in [1.165, 1.54) is 0 Å². The Bertz CT molecular complexity index is 838. The number of anilines is 3. The first kappa shape index (κ1) is 18.6. The zero-order valence-corrected chi connectivity index (χ0v) is 16.0. The molecule has 3 aromatic carbocycles. The Balaban J connectivity index is 1.82. The van der Waals surface area contributed by atoms with Gasteiger partial charge in [0.05, 0.1) is 6.21 Å². The molecule has 136 valence electrons. The molecule has 0 bridgehead atoms. The van der Waals surface area contributed by atoms with Crippen LogP contribution in [0.25, 0.3) is 0 Å². The number of nitrogens with zero attached hydrogens (tertiary/aromatic N) is 2. The first-order chi connectivity index (χ1) is 13.3. The Hall–Kier alpha value is -3.18. The maximum Gasteiger partial charge on any atom is 0.186 e. The molecule has 27 heavy (non-hydrogen) atoms. The van der Waals surface area contributed by atoms with E-state index in [-0.39, 0.29) is 0 Å². The Morgan fingerprint density at radius 2 is 1.37 bits per heavy atom. The summed E-state index contributed by atoms with van der Waals surface area (Å²) in [4.78, 5) is 2.22. The molecule has 0 radical (unpaired) electrons. The van der Waals surface area contributed by atoms with Crippen LogP contribution in [-0.2, 0) is 0 Å². The van der Waals surface area contributed by atoms with Crippen molar-refractivity contribution in [3.05, 3.63) is 90.5 Å². The first-order valence-corrected chi connectivity index (χ1v) is 9.26. The van der Waals surface area contributed by atoms with Crippen LogP contribution >= 0.6 is 12.2 Å². The fraction of sp³-hybridized carbons (Fsp3) is 0.0909. The van der Waals surface area contributed by atoms with Crippen LogP contribution in [0.4, 0.5) is 17.1 Å². The van der Waals surface area contributed by atoms with Crippen LogP contribution in [-0.4, -0.2) is 17.9 Å². The number of thiocarbonyl (C=S) groups is 1. The lowest BCUT2D eigenvalue weighted by Crippen LogP contribution is -2.31. The normalized spacial score (nSPS) is 10.6. The van der Waals surface area contributed by atoms with Crippen molar-refractivity contribution in [2.24, 2.45) is 5.10 Å². The van der Waals surface area contributed by atoms with Crippen LogP contribution in [0.3, 0.4) is 0 Å². The molecule has 0 heterocycles. The van der Waals surface area contributed by atoms with Gasteiger partial charge in [-0.25, -0.2) is 0 Å². The number of hydrogen-bond donors (Lipinski definition) is 2. The highest BCUT2D eigenvalue weighted by Crippen LogP contribution is 2.33. The minimum Gasteiger partial charge on any atom is -0.362 e. The SMILES string of the molecule is CCNC(=S)NN=Cc1ccc(N(c2ccccc2)c2ccccc2)cc1. The monoisotopic (exact) mass is 374 g/mol. The van der Waals surface area contributed by atoms with E-state index >= 15 is 0 Å². The maximum absolute atomic E-state index is 5.09. The molecule has 3 aromatic rings. The number of hydrogen-bond acceptors (Lipinski definition) is 3. The van der Waals surface area contributed by atoms with Crippen molar-refractivity contribution in [1.82, 2.24) is 10.7 Å². The third-order valence-corrected chi connectivity index (χ3v) is 4.13. The Kier molecular flexibility index (Phi) is 6.55. The Labute approximate surface area is 165 Å². The average molecular weight is 375 g/mol. The molecule has 0 aliphatic carbocycles. The van der Waals surface area contributed by atoms with Crippen molar-refractivity contribution in [2.45, 2.75) is 6.92 Å². The molecule has 0 aliphatic heterocycles. The van der Waals surface area contributed by atoms with E-state index in [2.05, 4.69) is 57.1 Å². The molecule has 0 spiro atoms. The third-order valence-electron chi connectivity index (χ3n) is 3.90. The standard InChI is InChI=1S/C22H22N4S/c1-2-23-22(27)25-24-17-18-13-15-21(16-14-18)26(19-9-5-3-6-10-19)20-11-7-4-8-12-20/h3-17H,2H2,1H3,(H2,23,25,27). The van der Waals surface area contributed by atoms with Crippen molar-refractivity contribution >= 4 is 40.6 Å². The quantitative estimate of drug-likeness (QED) is 0.363. The largest absolute Gasteiger partial charge is 0.362 e. The Morgan fingerprint density at radius 3 is 1.89 bits per heavy atom. The van der Waals surface area contributed by atoms with Gasteiger partial charge in [0, 0.05) is 23.6 Å². The second-order valence-corrected chi connectivity index (χ2v) is 6.24. The molecule has 2 N–H and O–H groups in total. The summed E-state index contributed by atoms with van der Waals surface area (Å²) >= 11 is 5.09. The predicted octanol–water partition coefficient (Wildman–Crippen LogP) is 4.97. The van der Waals surface area contributed by atoms with Gasteiger partial charge < -0.3 is 10.2 Å². The van der Waals surface area contributed by atoms with Crippen LogP contribution in [0.2, 0.25) is 0 Å². The molecular formula is C22H22N4S. The van der Waals surface area contributed by atoms with Crippen molar-refractivity contribution in [3.63, 3.8) is 0 Å². The van der Waals surface area contributed by atoms with Crippen LogP contribution in [0.1, 0.15) is 12.5 Å². The minimum atomic E-state index is 0.518. The zero-order chi connectivity index (χ0) is 18.9. The highest BCUT2D eigenvalue weighted by atomic mass is 32.1. The van der Waals surface area contributed by atoms with Gasteiger partial charge in [-0.1, -0.05) is 48.5 Å². The summed E-state index contributed by atoms with van der Waals surface area (Å²) < 4.78 is 0. The number of nitrogens with one attached hydrogen (secondary N) is 2. The summed E-state index contributed by atoms with van der Waals surface area (Å²) in [6.07, 6.45) is 1.75. The lowest BCUT2D eigenvalue weighted by atomic mass is 10.1. The topological polar surface area (TPSA) is 39.7 Å². The van der Waals surface area contributed by atoms with E-state index in [0.717, 1.165) is 29.2 Å². The fourth-order valence-corrected chi connectivity index (χ4v) is 2.87. The molecular weight excluding hydrogens is 352 g/mol. The molecule has 3 rings (SSSR count). The molecule has 0 amide bonds. The van der Waals surface area contributed by atoms with Gasteiger partial charge in [0.1, 0.15) is 0 Å². The highest BCUT2D eigenvalue weighted by Gasteiger charge is 2.11. The minimum absolute atomic E-state index is 0.518. The first-order valence-electron chi connectivity index (χ1n) is 8.85. The molecule has 0 unspecified atom stereocenters. The molecule has 4 nitrogen and oxygen atoms in total. The van der Waals surface area contributed by atoms with Crippen molar-refractivity contribution < 1.29 is 0 Å². The van der Waals surface area contributed by atoms with Crippen LogP contribution in [0.5, 0.6) is 0 Å². The smallest absolute Gasteiger partial charge is 0.186 e. The van der Waals surface area contributed by atoms with Gasteiger partial charge >= 0.3 is 0 Å². The third kappa shape index (κ3) is 5.15. The second-order valence-electron chi connectivity index (χ2n) is 5.83. The van der Waals surface area contributed by atoms with E-state index in [0.29, 0.717) is 5.11 Å². The van der Waals surface area contributed by atoms with E-state index in [4.69, 9.17) is 12.2 Å². The number of hydrazone groups is 1. The van der Waals surface area contributed by atoms with Crippen LogP contribution in [0.15, 0.2) is 90.0 Å². The van der Waals surface area contributed by atoms with Gasteiger partial charge in [0.25, 0.3) is 0 Å². The van der Waals surface area contributed by atoms with Gasteiger partial charge in [-0.15, -0.1) is 0 Å². The second kappa shape index (κ2) is 9.50. The molecule has 0 aromatic heterocycles. The lowest BCUT2D eigenvalue weighted by Gasteiger charge is -2.25. The molecule has 0 saturated carbocycles. The van der Waals surface area contributed by atoms with Crippen LogP contribution < -0.4 is 15.6 Å². The predicted molar refractivity (Wildman–Crippen MR) is 118 cm³/mol. The molecule has 0 atom stereocenters. The molecule has 0 fully saturated rings. The molecule has 0 saturated heterocycles. The summed E-state index contributed by atoms with van der Waals surface area (Å²) in [7, 11) is 0. The average Bonchev–Trinajstić information content (AvgIpc) is 2.71. The van der Waals surface area contributed by atoms with Crippen molar-refractivity contribution in [3.8, 4) is 0 Å². The van der Waals surface area contributed by atoms with Gasteiger partial charge in [-0.05, 0) is 61.1 Å². The summed E-state index contributed by atoms with van der Waals surface area (Å²) in [6.45, 7) is 2.76. The summed E-state index contributed by atoms with van der Waals surface area (Å²) in [5.74, 6) is 0. The van der Waals surface area contributed by atoms with E-state index in [1.54, 1.807) is 6.21 Å². The fourth-order valence-electron chi connectivity index (χ4n) is 2.68. The van der Waals surface area contributed by atoms with Gasteiger partial charge in [0.15, 0.2) is 5.11 Å². The van der Waals surface area contributed by atoms with Gasteiger partial charge in [-0.3, -0.25) is 5.43 Å². The Morgan fingerprint density at radius 1 is 0.852 bits per heavy atom. The maximum atomic E-state index is 5.09. The summed E-state index contributed by atoms with van der Waals surface area (Å²) in [6, 6.07) is 28.9. The number of para-hydroxylation sites is 2. The van der Waals surface area contributed by atoms with Gasteiger partial charge in [-0.2, -0.15) is 5.10 Å². The van der Waals surface area contributed by atoms with E-state index in [1.807, 2.05) is 55.5 Å². The van der Waals surface area contributed by atoms with Crippen molar-refractivity contribution in [2.75, 3.05) is 11.4 Å². The highest BCUT2D eigenvalue weighted by molar-refractivity contribution is 7.80. The number of rotatable bonds is 6. The summed E-state index contributed by atoms with van der Waals surface area (Å²) in [5, 5.41) is 7.67.